The number of hydrogen-bond acceptors (Lipinski definition) is 6. The highest BCUT2D eigenvalue weighted by molar-refractivity contribution is 6.30. The summed E-state index contributed by atoms with van der Waals surface area (Å²) in [7, 11) is 3.86. The first kappa shape index (κ1) is 21.2. The van der Waals surface area contributed by atoms with Gasteiger partial charge in [-0.25, -0.2) is 14.6 Å². The molecule has 1 amide bonds. The van der Waals surface area contributed by atoms with Crippen molar-refractivity contribution >= 4 is 23.5 Å². The Morgan fingerprint density at radius 1 is 1.26 bits per heavy atom. The zero-order valence-corrected chi connectivity index (χ0v) is 18.7. The highest BCUT2D eigenvalue weighted by atomic mass is 35.5. The number of halogens is 1. The Kier molecular flexibility index (Phi) is 6.18. The highest BCUT2D eigenvalue weighted by Gasteiger charge is 2.28. The predicted octanol–water partition coefficient (Wildman–Crippen LogP) is 3.17. The van der Waals surface area contributed by atoms with E-state index in [2.05, 4.69) is 15.3 Å². The largest absolute Gasteiger partial charge is 0.347 e. The highest BCUT2D eigenvalue weighted by Crippen LogP contribution is 2.34. The molecule has 0 radical (unpaired) electrons. The molecular weight excluding hydrogens is 414 g/mol. The minimum Gasteiger partial charge on any atom is -0.347 e. The number of aromatic nitrogens is 5. The van der Waals surface area contributed by atoms with Crippen LogP contribution in [-0.4, -0.2) is 63.0 Å². The number of aryl methyl sites for hydroxylation is 1. The van der Waals surface area contributed by atoms with Crippen molar-refractivity contribution in [1.29, 1.82) is 0 Å². The number of hydrogen-bond donors (Lipinski definition) is 0. The first-order chi connectivity index (χ1) is 14.9. The Balaban J connectivity index is 1.61. The molecule has 1 fully saturated rings. The molecule has 0 unspecified atom stereocenters. The van der Waals surface area contributed by atoms with E-state index in [0.717, 1.165) is 41.9 Å². The summed E-state index contributed by atoms with van der Waals surface area (Å²) >= 11 is 6.08. The Labute approximate surface area is 186 Å². The average Bonchev–Trinajstić information content (AvgIpc) is 3.18. The molecule has 4 rings (SSSR count). The number of nitrogens with zero attached hydrogens (tertiary/aromatic N) is 7. The molecule has 2 aromatic heterocycles. The van der Waals surface area contributed by atoms with Gasteiger partial charge in [0.05, 0.1) is 11.4 Å². The second-order valence-corrected chi connectivity index (χ2v) is 8.54. The number of likely N-dealkylation sites (tertiary alicyclic amines) is 1. The molecule has 9 heteroatoms. The first-order valence-corrected chi connectivity index (χ1v) is 10.7. The normalized spacial score (nSPS) is 16.4. The third-order valence-corrected chi connectivity index (χ3v) is 5.72. The Morgan fingerprint density at radius 3 is 2.71 bits per heavy atom. The maximum absolute atomic E-state index is 12.9. The molecule has 1 aliphatic heterocycles. The fourth-order valence-corrected chi connectivity index (χ4v) is 4.03. The van der Waals surface area contributed by atoms with E-state index in [1.807, 2.05) is 61.3 Å². The molecule has 3 heterocycles. The molecule has 0 aliphatic carbocycles. The molecule has 1 aliphatic rings. The van der Waals surface area contributed by atoms with Crippen LogP contribution in [0.3, 0.4) is 0 Å². The Hall–Kier alpha value is -3.00. The lowest BCUT2D eigenvalue weighted by atomic mass is 9.90. The molecule has 1 atom stereocenters. The number of anilines is 1. The van der Waals surface area contributed by atoms with Crippen LogP contribution in [0.25, 0.3) is 11.1 Å². The van der Waals surface area contributed by atoms with Crippen LogP contribution in [-0.2, 0) is 11.3 Å². The number of carbonyl (C=O) groups excluding carboxylic acids is 1. The predicted molar refractivity (Wildman–Crippen MR) is 120 cm³/mol. The summed E-state index contributed by atoms with van der Waals surface area (Å²) < 4.78 is 1.59. The zero-order valence-electron chi connectivity index (χ0n) is 18.0. The summed E-state index contributed by atoms with van der Waals surface area (Å²) in [5.74, 6) is 0.835. The van der Waals surface area contributed by atoms with Crippen molar-refractivity contribution in [3.63, 3.8) is 0 Å². The number of amides is 1. The van der Waals surface area contributed by atoms with E-state index >= 15 is 0 Å². The lowest BCUT2D eigenvalue weighted by Gasteiger charge is -2.33. The summed E-state index contributed by atoms with van der Waals surface area (Å²) in [6, 6.07) is 7.71. The fraction of sp³-hybridized carbons (Fsp3) is 0.409. The van der Waals surface area contributed by atoms with E-state index < -0.39 is 0 Å². The molecule has 0 bridgehead atoms. The van der Waals surface area contributed by atoms with Crippen molar-refractivity contribution in [3.8, 4) is 11.1 Å². The van der Waals surface area contributed by atoms with Gasteiger partial charge in [-0.2, -0.15) is 0 Å². The summed E-state index contributed by atoms with van der Waals surface area (Å²) in [5.41, 5.74) is 3.77. The van der Waals surface area contributed by atoms with Crippen LogP contribution in [0.2, 0.25) is 5.02 Å². The summed E-state index contributed by atoms with van der Waals surface area (Å²) in [4.78, 5) is 26.1. The second-order valence-electron chi connectivity index (χ2n) is 8.11. The van der Waals surface area contributed by atoms with Crippen molar-refractivity contribution in [2.75, 3.05) is 32.1 Å². The van der Waals surface area contributed by atoms with Gasteiger partial charge in [-0.3, -0.25) is 4.79 Å². The third-order valence-electron chi connectivity index (χ3n) is 5.47. The molecule has 1 saturated heterocycles. The summed E-state index contributed by atoms with van der Waals surface area (Å²) in [6.07, 6.45) is 5.55. The molecule has 31 heavy (non-hydrogen) atoms. The van der Waals surface area contributed by atoms with Crippen LogP contribution < -0.4 is 4.90 Å². The number of benzene rings is 1. The van der Waals surface area contributed by atoms with Gasteiger partial charge in [0.1, 0.15) is 6.54 Å². The lowest BCUT2D eigenvalue weighted by Crippen LogP contribution is -2.41. The molecular formula is C22H26ClN7O. The minimum absolute atomic E-state index is 0.0459. The van der Waals surface area contributed by atoms with Crippen molar-refractivity contribution in [2.24, 2.45) is 0 Å². The van der Waals surface area contributed by atoms with Crippen LogP contribution in [0.15, 0.2) is 36.7 Å². The number of carbonyl (C=O) groups is 1. The van der Waals surface area contributed by atoms with E-state index in [9.17, 15) is 4.79 Å². The van der Waals surface area contributed by atoms with E-state index in [-0.39, 0.29) is 18.4 Å². The molecule has 3 aromatic rings. The topological polar surface area (TPSA) is 80.0 Å². The van der Waals surface area contributed by atoms with Gasteiger partial charge in [0.25, 0.3) is 0 Å². The number of rotatable bonds is 5. The van der Waals surface area contributed by atoms with Gasteiger partial charge in [-0.05, 0) is 37.5 Å². The fourth-order valence-electron chi connectivity index (χ4n) is 3.90. The van der Waals surface area contributed by atoms with Crippen molar-refractivity contribution in [3.05, 3.63) is 53.1 Å². The average molecular weight is 440 g/mol. The molecule has 0 saturated carbocycles. The molecule has 162 valence electrons. The summed E-state index contributed by atoms with van der Waals surface area (Å²) in [5, 5.41) is 8.66. The van der Waals surface area contributed by atoms with Crippen molar-refractivity contribution in [1.82, 2.24) is 29.9 Å². The van der Waals surface area contributed by atoms with Gasteiger partial charge in [0.15, 0.2) is 0 Å². The van der Waals surface area contributed by atoms with Crippen molar-refractivity contribution in [2.45, 2.75) is 32.2 Å². The quantitative estimate of drug-likeness (QED) is 0.607. The molecule has 0 spiro atoms. The van der Waals surface area contributed by atoms with Crippen LogP contribution in [0, 0.1) is 6.92 Å². The Bertz CT molecular complexity index is 1060. The SMILES string of the molecule is Cc1cn(CC(=O)N2CCC[C@@H](c3nc(N(C)C)ncc3-c3ccc(Cl)cc3)C2)nn1. The lowest BCUT2D eigenvalue weighted by molar-refractivity contribution is -0.133. The van der Waals surface area contributed by atoms with Gasteiger partial charge in [-0.1, -0.05) is 28.9 Å². The smallest absolute Gasteiger partial charge is 0.244 e. The van der Waals surface area contributed by atoms with E-state index in [0.29, 0.717) is 17.5 Å². The first-order valence-electron chi connectivity index (χ1n) is 10.4. The van der Waals surface area contributed by atoms with E-state index in [1.54, 1.807) is 10.9 Å². The van der Waals surface area contributed by atoms with E-state index in [1.165, 1.54) is 0 Å². The van der Waals surface area contributed by atoms with Gasteiger partial charge in [-0.15, -0.1) is 5.10 Å². The van der Waals surface area contributed by atoms with Gasteiger partial charge in [0.2, 0.25) is 11.9 Å². The molecule has 8 nitrogen and oxygen atoms in total. The van der Waals surface area contributed by atoms with Crippen molar-refractivity contribution < 1.29 is 4.79 Å². The standard InChI is InChI=1S/C22H26ClN7O/c1-15-12-30(27-26-15)14-20(31)29-10-4-5-17(13-29)21-19(11-24-22(25-21)28(2)3)16-6-8-18(23)9-7-16/h6-9,11-12,17H,4-5,10,13-14H2,1-3H3/t17-/m1/s1. The summed E-state index contributed by atoms with van der Waals surface area (Å²) in [6.45, 7) is 3.42. The van der Waals surface area contributed by atoms with Gasteiger partial charge in [0, 0.05) is 56.1 Å². The molecule has 1 aromatic carbocycles. The number of piperidine rings is 1. The van der Waals surface area contributed by atoms with Gasteiger partial charge >= 0.3 is 0 Å². The Morgan fingerprint density at radius 2 is 2.03 bits per heavy atom. The minimum atomic E-state index is 0.0459. The maximum Gasteiger partial charge on any atom is 0.244 e. The van der Waals surface area contributed by atoms with E-state index in [4.69, 9.17) is 16.6 Å². The van der Waals surface area contributed by atoms with Crippen LogP contribution >= 0.6 is 11.6 Å². The van der Waals surface area contributed by atoms with Crippen LogP contribution in [0.5, 0.6) is 0 Å². The van der Waals surface area contributed by atoms with Gasteiger partial charge < -0.3 is 9.80 Å². The second kappa shape index (κ2) is 9.01. The van der Waals surface area contributed by atoms with Crippen LogP contribution in [0.1, 0.15) is 30.1 Å². The van der Waals surface area contributed by atoms with Crippen LogP contribution in [0.4, 0.5) is 5.95 Å². The molecule has 0 N–H and O–H groups in total. The maximum atomic E-state index is 12.9. The monoisotopic (exact) mass is 439 g/mol. The third kappa shape index (κ3) is 4.85. The zero-order chi connectivity index (χ0) is 22.0.